The Balaban J connectivity index is 1.38. The number of nitrogens with zero attached hydrogens (tertiary/aromatic N) is 5. The lowest BCUT2D eigenvalue weighted by atomic mass is 10.1. The molecule has 1 aliphatic heterocycles. The zero-order valence-electron chi connectivity index (χ0n) is 17.1. The van der Waals surface area contributed by atoms with E-state index in [1.165, 1.54) is 6.33 Å². The summed E-state index contributed by atoms with van der Waals surface area (Å²) in [6.45, 7) is 5.86. The van der Waals surface area contributed by atoms with Gasteiger partial charge >= 0.3 is 0 Å². The van der Waals surface area contributed by atoms with Crippen LogP contribution in [-0.2, 0) is 11.2 Å². The van der Waals surface area contributed by atoms with Crippen LogP contribution < -0.4 is 4.90 Å². The first-order chi connectivity index (χ1) is 14.5. The van der Waals surface area contributed by atoms with Crippen molar-refractivity contribution in [2.45, 2.75) is 26.7 Å². The quantitative estimate of drug-likeness (QED) is 0.644. The van der Waals surface area contributed by atoms with Gasteiger partial charge in [0.1, 0.15) is 17.8 Å². The molecule has 0 radical (unpaired) electrons. The Morgan fingerprint density at radius 1 is 1.10 bits per heavy atom. The summed E-state index contributed by atoms with van der Waals surface area (Å²) < 4.78 is 20.2. The van der Waals surface area contributed by atoms with Crippen molar-refractivity contribution < 1.29 is 13.7 Å². The number of amides is 1. The van der Waals surface area contributed by atoms with Crippen LogP contribution in [-0.4, -0.2) is 52.1 Å². The van der Waals surface area contributed by atoms with Crippen molar-refractivity contribution in [1.82, 2.24) is 20.0 Å². The fraction of sp³-hybridized carbons (Fsp3) is 0.364. The predicted molar refractivity (Wildman–Crippen MR) is 111 cm³/mol. The Morgan fingerprint density at radius 2 is 1.83 bits per heavy atom. The molecule has 1 aromatic carbocycles. The number of piperazine rings is 1. The van der Waals surface area contributed by atoms with Crippen LogP contribution >= 0.6 is 0 Å². The molecule has 1 fully saturated rings. The van der Waals surface area contributed by atoms with Gasteiger partial charge < -0.3 is 14.3 Å². The Bertz CT molecular complexity index is 1010. The monoisotopic (exact) mass is 409 g/mol. The highest BCUT2D eigenvalue weighted by molar-refractivity contribution is 5.77. The van der Waals surface area contributed by atoms with Gasteiger partial charge in [-0.3, -0.25) is 4.79 Å². The van der Waals surface area contributed by atoms with Crippen molar-refractivity contribution in [3.8, 4) is 11.3 Å². The van der Waals surface area contributed by atoms with Crippen LogP contribution in [0.3, 0.4) is 0 Å². The van der Waals surface area contributed by atoms with Crippen LogP contribution in [0.1, 0.15) is 23.4 Å². The summed E-state index contributed by atoms with van der Waals surface area (Å²) in [7, 11) is 0. The molecule has 1 saturated heterocycles. The molecular weight excluding hydrogens is 385 g/mol. The number of hydrogen-bond acceptors (Lipinski definition) is 6. The highest BCUT2D eigenvalue weighted by Gasteiger charge is 2.25. The standard InChI is InChI=1S/C22H24FN5O2/c1-15-18(16(2)30-26-15)8-9-19(29)27-10-12-28(13-11-27)22-20(23)21(24-14-25-22)17-6-4-3-5-7-17/h3-7,14H,8-13H2,1-2H3. The zero-order chi connectivity index (χ0) is 21.1. The number of anilines is 1. The number of rotatable bonds is 5. The van der Waals surface area contributed by atoms with Gasteiger partial charge in [-0.1, -0.05) is 35.5 Å². The molecule has 3 heterocycles. The maximum Gasteiger partial charge on any atom is 0.223 e. The SMILES string of the molecule is Cc1noc(C)c1CCC(=O)N1CCN(c2ncnc(-c3ccccc3)c2F)CC1. The van der Waals surface area contributed by atoms with E-state index >= 15 is 4.39 Å². The fourth-order valence-electron chi connectivity index (χ4n) is 3.79. The third kappa shape index (κ3) is 4.03. The average molecular weight is 409 g/mol. The van der Waals surface area contributed by atoms with Crippen molar-refractivity contribution >= 4 is 11.7 Å². The number of carbonyl (C=O) groups excluding carboxylic acids is 1. The third-order valence-electron chi connectivity index (χ3n) is 5.52. The van der Waals surface area contributed by atoms with Crippen molar-refractivity contribution in [3.63, 3.8) is 0 Å². The predicted octanol–water partition coefficient (Wildman–Crippen LogP) is 3.17. The van der Waals surface area contributed by atoms with Crippen molar-refractivity contribution in [3.05, 3.63) is 59.5 Å². The van der Waals surface area contributed by atoms with Gasteiger partial charge in [-0.15, -0.1) is 0 Å². The van der Waals surface area contributed by atoms with Crippen molar-refractivity contribution in [2.24, 2.45) is 0 Å². The molecule has 156 valence electrons. The van der Waals surface area contributed by atoms with E-state index in [1.807, 2.05) is 54.0 Å². The molecular formula is C22H24FN5O2. The molecule has 0 saturated carbocycles. The van der Waals surface area contributed by atoms with Gasteiger partial charge in [0.05, 0.1) is 5.69 Å². The number of benzene rings is 1. The van der Waals surface area contributed by atoms with E-state index in [0.29, 0.717) is 50.3 Å². The van der Waals surface area contributed by atoms with Gasteiger partial charge in [0.25, 0.3) is 0 Å². The molecule has 0 aliphatic carbocycles. The van der Waals surface area contributed by atoms with E-state index in [1.54, 1.807) is 0 Å². The lowest BCUT2D eigenvalue weighted by Crippen LogP contribution is -2.49. The largest absolute Gasteiger partial charge is 0.361 e. The molecule has 7 nitrogen and oxygen atoms in total. The molecule has 2 aromatic heterocycles. The van der Waals surface area contributed by atoms with Gasteiger partial charge in [-0.2, -0.15) is 0 Å². The van der Waals surface area contributed by atoms with E-state index in [4.69, 9.17) is 4.52 Å². The lowest BCUT2D eigenvalue weighted by molar-refractivity contribution is -0.131. The summed E-state index contributed by atoms with van der Waals surface area (Å²) >= 11 is 0. The first kappa shape index (κ1) is 20.0. The summed E-state index contributed by atoms with van der Waals surface area (Å²) in [5.74, 6) is 0.704. The molecule has 30 heavy (non-hydrogen) atoms. The number of aryl methyl sites for hydroxylation is 2. The van der Waals surface area contributed by atoms with Gasteiger partial charge in [-0.05, 0) is 20.3 Å². The molecule has 0 unspecified atom stereocenters. The first-order valence-corrected chi connectivity index (χ1v) is 10.0. The van der Waals surface area contributed by atoms with Crippen LogP contribution in [0.25, 0.3) is 11.3 Å². The molecule has 8 heteroatoms. The van der Waals surface area contributed by atoms with E-state index < -0.39 is 5.82 Å². The first-order valence-electron chi connectivity index (χ1n) is 10.0. The third-order valence-corrected chi connectivity index (χ3v) is 5.52. The van der Waals surface area contributed by atoms with E-state index in [-0.39, 0.29) is 11.7 Å². The smallest absolute Gasteiger partial charge is 0.223 e. The van der Waals surface area contributed by atoms with Crippen molar-refractivity contribution in [2.75, 3.05) is 31.1 Å². The van der Waals surface area contributed by atoms with E-state index in [2.05, 4.69) is 15.1 Å². The molecule has 3 aromatic rings. The van der Waals surface area contributed by atoms with Crippen LogP contribution in [0, 0.1) is 19.7 Å². The summed E-state index contributed by atoms with van der Waals surface area (Å²) in [4.78, 5) is 24.6. The summed E-state index contributed by atoms with van der Waals surface area (Å²) in [6.07, 6.45) is 2.41. The van der Waals surface area contributed by atoms with Gasteiger partial charge in [0, 0.05) is 43.7 Å². The van der Waals surface area contributed by atoms with Crippen molar-refractivity contribution in [1.29, 1.82) is 0 Å². The molecule has 0 atom stereocenters. The molecule has 1 aliphatic rings. The lowest BCUT2D eigenvalue weighted by Gasteiger charge is -2.35. The molecule has 0 bridgehead atoms. The van der Waals surface area contributed by atoms with Crippen LogP contribution in [0.5, 0.6) is 0 Å². The maximum absolute atomic E-state index is 15.1. The number of halogens is 1. The summed E-state index contributed by atoms with van der Waals surface area (Å²) in [5, 5.41) is 3.93. The topological polar surface area (TPSA) is 75.4 Å². The van der Waals surface area contributed by atoms with Gasteiger partial charge in [-0.25, -0.2) is 14.4 Å². The van der Waals surface area contributed by atoms with Gasteiger partial charge in [0.2, 0.25) is 5.91 Å². The minimum atomic E-state index is -0.429. The molecule has 0 spiro atoms. The highest BCUT2D eigenvalue weighted by Crippen LogP contribution is 2.26. The summed E-state index contributed by atoms with van der Waals surface area (Å²) in [5.41, 5.74) is 2.84. The zero-order valence-corrected chi connectivity index (χ0v) is 17.1. The Morgan fingerprint density at radius 3 is 2.50 bits per heavy atom. The van der Waals surface area contributed by atoms with E-state index in [0.717, 1.165) is 17.0 Å². The second kappa shape index (κ2) is 8.61. The number of aromatic nitrogens is 3. The Kier molecular flexibility index (Phi) is 5.74. The maximum atomic E-state index is 15.1. The minimum absolute atomic E-state index is 0.0859. The van der Waals surface area contributed by atoms with Crippen LogP contribution in [0.4, 0.5) is 10.2 Å². The van der Waals surface area contributed by atoms with Crippen LogP contribution in [0.2, 0.25) is 0 Å². The average Bonchev–Trinajstić information content (AvgIpc) is 3.10. The second-order valence-corrected chi connectivity index (χ2v) is 7.40. The molecule has 1 amide bonds. The second-order valence-electron chi connectivity index (χ2n) is 7.40. The molecule has 4 rings (SSSR count). The van der Waals surface area contributed by atoms with Crippen LogP contribution in [0.15, 0.2) is 41.2 Å². The normalized spacial score (nSPS) is 14.2. The Hall–Kier alpha value is -3.29. The molecule has 0 N–H and O–H groups in total. The summed E-state index contributed by atoms with van der Waals surface area (Å²) in [6, 6.07) is 9.23. The number of carbonyl (C=O) groups is 1. The minimum Gasteiger partial charge on any atom is -0.361 e. The Labute approximate surface area is 174 Å². The van der Waals surface area contributed by atoms with E-state index in [9.17, 15) is 4.79 Å². The van der Waals surface area contributed by atoms with Gasteiger partial charge in [0.15, 0.2) is 11.6 Å². The highest BCUT2D eigenvalue weighted by atomic mass is 19.1. The fourth-order valence-corrected chi connectivity index (χ4v) is 3.79. The number of hydrogen-bond donors (Lipinski definition) is 0.